The average molecular weight is 211 g/mol. The lowest BCUT2D eigenvalue weighted by molar-refractivity contribution is 0.303. The van der Waals surface area contributed by atoms with Crippen molar-refractivity contribution >= 4 is 23.0 Å². The van der Waals surface area contributed by atoms with Gasteiger partial charge in [0.15, 0.2) is 10.8 Å². The largest absolute Gasteiger partial charge is 0.375 e. The Morgan fingerprint density at radius 2 is 2.36 bits per heavy atom. The molecular weight excluding hydrogens is 202 g/mol. The van der Waals surface area contributed by atoms with Crippen LogP contribution in [0.2, 0.25) is 0 Å². The van der Waals surface area contributed by atoms with Gasteiger partial charge in [-0.2, -0.15) is 5.10 Å². The summed E-state index contributed by atoms with van der Waals surface area (Å²) in [6.07, 6.45) is 2.70. The lowest BCUT2D eigenvalue weighted by Crippen LogP contribution is -2.26. The fourth-order valence-electron chi connectivity index (χ4n) is 1.36. The van der Waals surface area contributed by atoms with E-state index in [1.807, 2.05) is 0 Å². The number of nitrogens with zero attached hydrogens (tertiary/aromatic N) is 3. The lowest BCUT2D eigenvalue weighted by atomic mass is 9.99. The first-order chi connectivity index (χ1) is 6.77. The van der Waals surface area contributed by atoms with Gasteiger partial charge < -0.3 is 5.73 Å². The Labute approximate surface area is 85.5 Å². The average Bonchev–Trinajstić information content (AvgIpc) is 2.62. The van der Waals surface area contributed by atoms with Gasteiger partial charge in [0, 0.05) is 0 Å². The van der Waals surface area contributed by atoms with Gasteiger partial charge in [0.2, 0.25) is 0 Å². The van der Waals surface area contributed by atoms with Crippen LogP contribution in [0.5, 0.6) is 0 Å². The van der Waals surface area contributed by atoms with Crippen LogP contribution in [0.25, 0.3) is 0 Å². The van der Waals surface area contributed by atoms with Crippen molar-refractivity contribution in [2.75, 3.05) is 0 Å². The highest BCUT2D eigenvalue weighted by Gasteiger charge is 2.21. The van der Waals surface area contributed by atoms with Crippen LogP contribution in [0, 0.1) is 0 Å². The van der Waals surface area contributed by atoms with E-state index in [4.69, 9.17) is 5.73 Å². The Bertz CT molecular complexity index is 385. The highest BCUT2D eigenvalue weighted by atomic mass is 32.1. The Morgan fingerprint density at radius 3 is 3.14 bits per heavy atom. The molecule has 0 unspecified atom stereocenters. The summed E-state index contributed by atoms with van der Waals surface area (Å²) in [5.74, 6) is 0. The summed E-state index contributed by atoms with van der Waals surface area (Å²) in [5.41, 5.74) is 10.1. The van der Waals surface area contributed by atoms with Crippen LogP contribution in [0.3, 0.4) is 0 Å². The molecule has 74 valence electrons. The van der Waals surface area contributed by atoms with E-state index in [9.17, 15) is 0 Å². The topological polar surface area (TPSA) is 89.3 Å². The van der Waals surface area contributed by atoms with E-state index in [0.29, 0.717) is 5.69 Å². The Balaban J connectivity index is 2.23. The molecular formula is C7H9N5OS. The van der Waals surface area contributed by atoms with E-state index in [0.717, 1.165) is 30.7 Å². The highest BCUT2D eigenvalue weighted by molar-refractivity contribution is 7.80. The molecule has 3 N–H and O–H groups in total. The van der Waals surface area contributed by atoms with Gasteiger partial charge in [-0.1, -0.05) is 5.16 Å². The minimum absolute atomic E-state index is 0.140. The number of hydrogen-bond donors (Lipinski definition) is 2. The number of aryl methyl sites for hydroxylation is 1. The number of rotatable bonds is 1. The Morgan fingerprint density at radius 1 is 1.50 bits per heavy atom. The van der Waals surface area contributed by atoms with Crippen LogP contribution >= 0.6 is 12.2 Å². The number of thiocarbonyl (C=S) groups is 1. The summed E-state index contributed by atoms with van der Waals surface area (Å²) in [6, 6.07) is 0. The van der Waals surface area contributed by atoms with Crippen molar-refractivity contribution in [3.8, 4) is 0 Å². The van der Waals surface area contributed by atoms with Crippen LogP contribution in [-0.2, 0) is 6.42 Å². The fourth-order valence-corrected chi connectivity index (χ4v) is 1.41. The van der Waals surface area contributed by atoms with E-state index in [1.165, 1.54) is 0 Å². The van der Waals surface area contributed by atoms with Crippen LogP contribution in [-0.4, -0.2) is 21.1 Å². The first kappa shape index (κ1) is 9.07. The number of aromatic nitrogens is 2. The zero-order valence-corrected chi connectivity index (χ0v) is 8.17. The molecule has 0 aromatic carbocycles. The van der Waals surface area contributed by atoms with Crippen molar-refractivity contribution in [3.63, 3.8) is 0 Å². The molecule has 0 atom stereocenters. The lowest BCUT2D eigenvalue weighted by Gasteiger charge is -2.09. The van der Waals surface area contributed by atoms with Crippen LogP contribution in [0.4, 0.5) is 0 Å². The maximum atomic E-state index is 5.26. The Kier molecular flexibility index (Phi) is 2.40. The predicted molar refractivity (Wildman–Crippen MR) is 53.7 cm³/mol. The van der Waals surface area contributed by atoms with Gasteiger partial charge in [-0.05, 0) is 36.6 Å². The molecule has 1 aliphatic rings. The van der Waals surface area contributed by atoms with Crippen molar-refractivity contribution in [2.45, 2.75) is 19.3 Å². The second kappa shape index (κ2) is 3.70. The minimum Gasteiger partial charge on any atom is -0.375 e. The van der Waals surface area contributed by atoms with Crippen molar-refractivity contribution in [1.29, 1.82) is 0 Å². The van der Waals surface area contributed by atoms with Crippen molar-refractivity contribution in [1.82, 2.24) is 15.7 Å². The maximum Gasteiger partial charge on any atom is 0.184 e. The van der Waals surface area contributed by atoms with Crippen molar-refractivity contribution in [3.05, 3.63) is 11.4 Å². The molecule has 0 amide bonds. The van der Waals surface area contributed by atoms with E-state index < -0.39 is 0 Å². The summed E-state index contributed by atoms with van der Waals surface area (Å²) in [5, 5.41) is 11.7. The SMILES string of the molecule is NC(=S)N/N=C1/CCCc2nonc21. The van der Waals surface area contributed by atoms with Gasteiger partial charge in [0.05, 0.1) is 5.71 Å². The standard InChI is InChI=1S/C7H9N5OS/c8-7(14)10-9-4-2-1-3-5-6(4)12-13-11-5/h1-3H2,(H3,8,10,14)/b9-4-. The van der Waals surface area contributed by atoms with E-state index in [-0.39, 0.29) is 5.11 Å². The van der Waals surface area contributed by atoms with Crippen molar-refractivity contribution < 1.29 is 4.63 Å². The number of hydrogen-bond acceptors (Lipinski definition) is 5. The number of hydrazone groups is 1. The highest BCUT2D eigenvalue weighted by Crippen LogP contribution is 2.17. The molecule has 0 saturated carbocycles. The molecule has 0 radical (unpaired) electrons. The van der Waals surface area contributed by atoms with Crippen LogP contribution < -0.4 is 11.2 Å². The molecule has 2 rings (SSSR count). The minimum atomic E-state index is 0.140. The quantitative estimate of drug-likeness (QED) is 0.500. The normalized spacial score (nSPS) is 17.9. The summed E-state index contributed by atoms with van der Waals surface area (Å²) in [7, 11) is 0. The van der Waals surface area contributed by atoms with E-state index in [2.05, 4.69) is 37.7 Å². The molecule has 7 heteroatoms. The molecule has 1 aromatic heterocycles. The number of nitrogens with one attached hydrogen (secondary N) is 1. The van der Waals surface area contributed by atoms with Gasteiger partial charge in [0.1, 0.15) is 5.69 Å². The third kappa shape index (κ3) is 1.72. The van der Waals surface area contributed by atoms with Crippen LogP contribution in [0.1, 0.15) is 24.2 Å². The van der Waals surface area contributed by atoms with Gasteiger partial charge in [-0.15, -0.1) is 0 Å². The zero-order chi connectivity index (χ0) is 9.97. The molecule has 14 heavy (non-hydrogen) atoms. The molecule has 0 fully saturated rings. The number of nitrogens with two attached hydrogens (primary N) is 1. The molecule has 0 bridgehead atoms. The second-order valence-electron chi connectivity index (χ2n) is 2.95. The third-order valence-corrected chi connectivity index (χ3v) is 2.05. The molecule has 1 aromatic rings. The van der Waals surface area contributed by atoms with Crippen molar-refractivity contribution in [2.24, 2.45) is 10.8 Å². The van der Waals surface area contributed by atoms with Crippen LogP contribution in [0.15, 0.2) is 9.73 Å². The predicted octanol–water partition coefficient (Wildman–Crippen LogP) is -0.0568. The van der Waals surface area contributed by atoms with Gasteiger partial charge in [0.25, 0.3) is 0 Å². The zero-order valence-electron chi connectivity index (χ0n) is 7.36. The van der Waals surface area contributed by atoms with E-state index >= 15 is 0 Å². The molecule has 0 spiro atoms. The second-order valence-corrected chi connectivity index (χ2v) is 3.39. The van der Waals surface area contributed by atoms with Gasteiger partial charge in [-0.3, -0.25) is 5.43 Å². The molecule has 0 aliphatic heterocycles. The maximum absolute atomic E-state index is 5.26. The first-order valence-corrected chi connectivity index (χ1v) is 4.62. The molecule has 1 aliphatic carbocycles. The third-order valence-electron chi connectivity index (χ3n) is 1.96. The summed E-state index contributed by atoms with van der Waals surface area (Å²) in [4.78, 5) is 0. The Hall–Kier alpha value is -1.50. The summed E-state index contributed by atoms with van der Waals surface area (Å²) in [6.45, 7) is 0. The smallest absolute Gasteiger partial charge is 0.184 e. The molecule has 6 nitrogen and oxygen atoms in total. The number of fused-ring (bicyclic) bond motifs is 1. The molecule has 0 saturated heterocycles. The summed E-state index contributed by atoms with van der Waals surface area (Å²) >= 11 is 4.64. The first-order valence-electron chi connectivity index (χ1n) is 4.21. The monoisotopic (exact) mass is 211 g/mol. The van der Waals surface area contributed by atoms with Gasteiger partial charge in [-0.25, -0.2) is 4.63 Å². The van der Waals surface area contributed by atoms with Gasteiger partial charge >= 0.3 is 0 Å². The fraction of sp³-hybridized carbons (Fsp3) is 0.429. The van der Waals surface area contributed by atoms with E-state index in [1.54, 1.807) is 0 Å². The summed E-state index contributed by atoms with van der Waals surface area (Å²) < 4.78 is 4.63. The molecule has 1 heterocycles.